The number of hydrogen-bond donors (Lipinski definition) is 1. The number of thiophene rings is 1. The number of aromatic nitrogens is 2. The highest BCUT2D eigenvalue weighted by molar-refractivity contribution is 7.91. The summed E-state index contributed by atoms with van der Waals surface area (Å²) in [6.07, 6.45) is 0.862. The number of hydrogen-bond acceptors (Lipinski definition) is 9. The maximum absolute atomic E-state index is 13.1. The third-order valence-electron chi connectivity index (χ3n) is 5.43. The van der Waals surface area contributed by atoms with Gasteiger partial charge in [-0.05, 0) is 31.0 Å². The first kappa shape index (κ1) is 23.2. The molecule has 0 aliphatic carbocycles. The Bertz CT molecular complexity index is 1250. The number of carbonyl (C=O) groups is 1. The SMILES string of the molecule is COc1ccc(NC(=O)C2CCN(S(=O)(=O)c3cc(-c4noc(C)n4)cs3)CC2)cc1OC. The normalized spacial score (nSPS) is 15.4. The van der Waals surface area contributed by atoms with Crippen molar-refractivity contribution in [1.82, 2.24) is 14.4 Å². The summed E-state index contributed by atoms with van der Waals surface area (Å²) in [5, 5.41) is 8.41. The lowest BCUT2D eigenvalue weighted by Gasteiger charge is -2.30. The van der Waals surface area contributed by atoms with Crippen molar-refractivity contribution >= 4 is 33.0 Å². The summed E-state index contributed by atoms with van der Waals surface area (Å²) in [4.78, 5) is 16.9. The van der Waals surface area contributed by atoms with E-state index in [4.69, 9.17) is 14.0 Å². The number of benzene rings is 1. The summed E-state index contributed by atoms with van der Waals surface area (Å²) < 4.78 is 43.2. The van der Waals surface area contributed by atoms with Crippen LogP contribution in [0.25, 0.3) is 11.4 Å². The van der Waals surface area contributed by atoms with Crippen LogP contribution in [0.5, 0.6) is 11.5 Å². The highest BCUT2D eigenvalue weighted by Crippen LogP contribution is 2.32. The number of ether oxygens (including phenoxy) is 2. The Morgan fingerprint density at radius 3 is 2.55 bits per heavy atom. The molecule has 0 radical (unpaired) electrons. The van der Waals surface area contributed by atoms with Crippen molar-refractivity contribution in [3.8, 4) is 22.9 Å². The van der Waals surface area contributed by atoms with Gasteiger partial charge in [0, 0.05) is 48.6 Å². The summed E-state index contributed by atoms with van der Waals surface area (Å²) in [5.41, 5.74) is 1.19. The number of aryl methyl sites for hydroxylation is 1. The highest BCUT2D eigenvalue weighted by Gasteiger charge is 2.33. The summed E-state index contributed by atoms with van der Waals surface area (Å²) in [6.45, 7) is 2.20. The number of rotatable bonds is 7. The lowest BCUT2D eigenvalue weighted by atomic mass is 9.97. The molecule has 4 rings (SSSR count). The van der Waals surface area contributed by atoms with Crippen LogP contribution in [0.15, 0.2) is 38.4 Å². The van der Waals surface area contributed by atoms with E-state index in [9.17, 15) is 13.2 Å². The fourth-order valence-electron chi connectivity index (χ4n) is 3.63. The van der Waals surface area contributed by atoms with Crippen LogP contribution in [0.1, 0.15) is 18.7 Å². The zero-order valence-corrected chi connectivity index (χ0v) is 20.0. The van der Waals surface area contributed by atoms with E-state index in [2.05, 4.69) is 15.5 Å². The van der Waals surface area contributed by atoms with Crippen molar-refractivity contribution in [1.29, 1.82) is 0 Å². The molecule has 12 heteroatoms. The molecule has 0 saturated carbocycles. The van der Waals surface area contributed by atoms with Crippen LogP contribution < -0.4 is 14.8 Å². The number of methoxy groups -OCH3 is 2. The molecular weight excluding hydrogens is 468 g/mol. The molecule has 3 heterocycles. The third kappa shape index (κ3) is 4.87. The van der Waals surface area contributed by atoms with E-state index < -0.39 is 10.0 Å². The molecule has 0 spiro atoms. The Kier molecular flexibility index (Phi) is 6.68. The van der Waals surface area contributed by atoms with Crippen LogP contribution in [0.2, 0.25) is 0 Å². The Hall–Kier alpha value is -2.96. The lowest BCUT2D eigenvalue weighted by molar-refractivity contribution is -0.120. The first-order chi connectivity index (χ1) is 15.8. The maximum atomic E-state index is 13.1. The van der Waals surface area contributed by atoms with E-state index >= 15 is 0 Å². The molecule has 1 amide bonds. The zero-order chi connectivity index (χ0) is 23.6. The molecule has 176 valence electrons. The van der Waals surface area contributed by atoms with Gasteiger partial charge in [-0.2, -0.15) is 9.29 Å². The number of piperidine rings is 1. The van der Waals surface area contributed by atoms with Crippen LogP contribution in [0.3, 0.4) is 0 Å². The van der Waals surface area contributed by atoms with Crippen LogP contribution in [0.4, 0.5) is 5.69 Å². The van der Waals surface area contributed by atoms with Crippen molar-refractivity contribution in [2.75, 3.05) is 32.6 Å². The minimum absolute atomic E-state index is 0.148. The number of nitrogens with zero attached hydrogens (tertiary/aromatic N) is 3. The Morgan fingerprint density at radius 1 is 1.18 bits per heavy atom. The molecule has 0 bridgehead atoms. The summed E-state index contributed by atoms with van der Waals surface area (Å²) in [6, 6.07) is 6.70. The monoisotopic (exact) mass is 492 g/mol. The van der Waals surface area contributed by atoms with E-state index in [1.165, 1.54) is 11.4 Å². The van der Waals surface area contributed by atoms with Crippen molar-refractivity contribution in [3.05, 3.63) is 35.5 Å². The van der Waals surface area contributed by atoms with Gasteiger partial charge in [-0.1, -0.05) is 5.16 Å². The largest absolute Gasteiger partial charge is 0.493 e. The molecule has 33 heavy (non-hydrogen) atoms. The number of nitrogens with one attached hydrogen (secondary N) is 1. The summed E-state index contributed by atoms with van der Waals surface area (Å²) in [7, 11) is -0.594. The Labute approximate surface area is 195 Å². The topological polar surface area (TPSA) is 124 Å². The minimum atomic E-state index is -3.66. The molecule has 2 aromatic heterocycles. The maximum Gasteiger partial charge on any atom is 0.252 e. The van der Waals surface area contributed by atoms with Gasteiger partial charge in [-0.25, -0.2) is 8.42 Å². The highest BCUT2D eigenvalue weighted by atomic mass is 32.2. The van der Waals surface area contributed by atoms with E-state index in [0.717, 1.165) is 11.3 Å². The zero-order valence-electron chi connectivity index (χ0n) is 18.4. The van der Waals surface area contributed by atoms with Crippen LogP contribution in [0, 0.1) is 12.8 Å². The Balaban J connectivity index is 1.38. The summed E-state index contributed by atoms with van der Waals surface area (Å²) in [5.74, 6) is 1.42. The molecule has 1 N–H and O–H groups in total. The summed E-state index contributed by atoms with van der Waals surface area (Å²) >= 11 is 1.12. The van der Waals surface area contributed by atoms with Gasteiger partial charge in [-0.3, -0.25) is 4.79 Å². The molecule has 1 saturated heterocycles. The van der Waals surface area contributed by atoms with E-state index in [1.807, 2.05) is 0 Å². The van der Waals surface area contributed by atoms with E-state index in [-0.39, 0.29) is 29.1 Å². The van der Waals surface area contributed by atoms with Crippen molar-refractivity contribution in [3.63, 3.8) is 0 Å². The number of anilines is 1. The molecule has 3 aromatic rings. The average molecular weight is 493 g/mol. The molecule has 1 aliphatic heterocycles. The van der Waals surface area contributed by atoms with Gasteiger partial charge < -0.3 is 19.3 Å². The molecule has 0 unspecified atom stereocenters. The Morgan fingerprint density at radius 2 is 1.91 bits per heavy atom. The average Bonchev–Trinajstić information content (AvgIpc) is 3.48. The molecule has 1 aromatic carbocycles. The molecular formula is C21H24N4O6S2. The molecule has 1 aliphatic rings. The van der Waals surface area contributed by atoms with Crippen LogP contribution >= 0.6 is 11.3 Å². The van der Waals surface area contributed by atoms with Crippen LogP contribution in [-0.2, 0) is 14.8 Å². The van der Waals surface area contributed by atoms with Crippen LogP contribution in [-0.4, -0.2) is 56.1 Å². The lowest BCUT2D eigenvalue weighted by Crippen LogP contribution is -2.41. The smallest absolute Gasteiger partial charge is 0.252 e. The third-order valence-corrected chi connectivity index (χ3v) is 8.74. The second-order valence-corrected chi connectivity index (χ2v) is 10.6. The van der Waals surface area contributed by atoms with E-state index in [1.54, 1.807) is 43.7 Å². The fraction of sp³-hybridized carbons (Fsp3) is 0.381. The number of sulfonamides is 1. The van der Waals surface area contributed by atoms with Crippen molar-refractivity contribution in [2.45, 2.75) is 24.0 Å². The van der Waals surface area contributed by atoms with Crippen molar-refractivity contribution in [2.24, 2.45) is 5.92 Å². The van der Waals surface area contributed by atoms with Gasteiger partial charge in [-0.15, -0.1) is 11.3 Å². The predicted octanol–water partition coefficient (Wildman–Crippen LogP) is 3.16. The van der Waals surface area contributed by atoms with Gasteiger partial charge in [0.2, 0.25) is 17.6 Å². The second-order valence-electron chi connectivity index (χ2n) is 7.53. The number of carbonyl (C=O) groups excluding carboxylic acids is 1. The molecule has 1 fully saturated rings. The van der Waals surface area contributed by atoms with Gasteiger partial charge in [0.05, 0.1) is 14.2 Å². The molecule has 10 nitrogen and oxygen atoms in total. The first-order valence-electron chi connectivity index (χ1n) is 10.2. The minimum Gasteiger partial charge on any atom is -0.493 e. The van der Waals surface area contributed by atoms with Gasteiger partial charge in [0.25, 0.3) is 10.0 Å². The fourth-order valence-corrected chi connectivity index (χ4v) is 6.41. The van der Waals surface area contributed by atoms with Crippen molar-refractivity contribution < 1.29 is 27.2 Å². The first-order valence-corrected chi connectivity index (χ1v) is 12.6. The second kappa shape index (κ2) is 9.49. The predicted molar refractivity (Wildman–Crippen MR) is 122 cm³/mol. The van der Waals surface area contributed by atoms with E-state index in [0.29, 0.717) is 47.3 Å². The quantitative estimate of drug-likeness (QED) is 0.533. The van der Waals surface area contributed by atoms with Gasteiger partial charge in [0.1, 0.15) is 4.21 Å². The molecule has 0 atom stereocenters. The number of amides is 1. The standard InChI is InChI=1S/C21H24N4O6S2/c1-13-22-20(24-31-13)15-10-19(32-12-15)33(27,28)25-8-6-14(7-9-25)21(26)23-16-4-5-17(29-2)18(11-16)30-3/h4-5,10-12,14H,6-9H2,1-3H3,(H,23,26). The van der Waals surface area contributed by atoms with Gasteiger partial charge >= 0.3 is 0 Å². The van der Waals surface area contributed by atoms with Gasteiger partial charge in [0.15, 0.2) is 11.5 Å².